The molecule has 0 spiro atoms. The van der Waals surface area contributed by atoms with Crippen LogP contribution in [0.25, 0.3) is 0 Å². The summed E-state index contributed by atoms with van der Waals surface area (Å²) in [6, 6.07) is 8.29. The van der Waals surface area contributed by atoms with Crippen molar-refractivity contribution in [1.29, 1.82) is 5.26 Å². The zero-order valence-corrected chi connectivity index (χ0v) is 11.6. The minimum absolute atomic E-state index is 0.00179. The standard InChI is InChI=1S/C13H5BrClF2NO/c14-12-7(6-18)1-4-11(13(12)17)19-8-2-3-9(15)10(16)5-8/h1-5H. The molecule has 0 aliphatic rings. The second kappa shape index (κ2) is 5.55. The third-order valence-electron chi connectivity index (χ3n) is 2.29. The van der Waals surface area contributed by atoms with Crippen molar-refractivity contribution in [3.63, 3.8) is 0 Å². The van der Waals surface area contributed by atoms with E-state index in [9.17, 15) is 8.78 Å². The molecule has 0 amide bonds. The summed E-state index contributed by atoms with van der Waals surface area (Å²) in [7, 11) is 0. The first-order chi connectivity index (χ1) is 9.02. The Balaban J connectivity index is 2.36. The molecule has 0 aliphatic carbocycles. The Hall–Kier alpha value is -1.64. The number of halogens is 4. The summed E-state index contributed by atoms with van der Waals surface area (Å²) in [6.07, 6.45) is 0. The van der Waals surface area contributed by atoms with Gasteiger partial charge in [-0.05, 0) is 40.2 Å². The lowest BCUT2D eigenvalue weighted by molar-refractivity contribution is 0.437. The number of nitriles is 1. The maximum Gasteiger partial charge on any atom is 0.181 e. The van der Waals surface area contributed by atoms with E-state index in [0.717, 1.165) is 6.07 Å². The van der Waals surface area contributed by atoms with Crippen molar-refractivity contribution < 1.29 is 13.5 Å². The maximum atomic E-state index is 13.9. The molecule has 0 unspecified atom stereocenters. The van der Waals surface area contributed by atoms with Gasteiger partial charge in [-0.25, -0.2) is 8.78 Å². The molecule has 6 heteroatoms. The van der Waals surface area contributed by atoms with Crippen molar-refractivity contribution in [2.24, 2.45) is 0 Å². The number of benzene rings is 2. The first-order valence-electron chi connectivity index (χ1n) is 5.04. The van der Waals surface area contributed by atoms with Crippen LogP contribution in [0.2, 0.25) is 5.02 Å². The average Bonchev–Trinajstić information content (AvgIpc) is 2.40. The summed E-state index contributed by atoms with van der Waals surface area (Å²) in [6.45, 7) is 0. The van der Waals surface area contributed by atoms with Gasteiger partial charge in [0.05, 0.1) is 15.1 Å². The molecule has 19 heavy (non-hydrogen) atoms. The van der Waals surface area contributed by atoms with E-state index in [1.807, 2.05) is 6.07 Å². The Morgan fingerprint density at radius 2 is 1.95 bits per heavy atom. The molecule has 0 heterocycles. The zero-order chi connectivity index (χ0) is 14.0. The number of hydrogen-bond acceptors (Lipinski definition) is 2. The highest BCUT2D eigenvalue weighted by atomic mass is 79.9. The highest BCUT2D eigenvalue weighted by molar-refractivity contribution is 9.10. The van der Waals surface area contributed by atoms with Crippen LogP contribution >= 0.6 is 27.5 Å². The van der Waals surface area contributed by atoms with Crippen LogP contribution in [0.1, 0.15) is 5.56 Å². The smallest absolute Gasteiger partial charge is 0.181 e. The monoisotopic (exact) mass is 343 g/mol. The molecule has 0 aliphatic heterocycles. The van der Waals surface area contributed by atoms with E-state index in [4.69, 9.17) is 21.6 Å². The Kier molecular flexibility index (Phi) is 4.03. The molecular formula is C13H5BrClF2NO. The van der Waals surface area contributed by atoms with Gasteiger partial charge >= 0.3 is 0 Å². The molecular weight excluding hydrogens is 340 g/mol. The number of nitrogens with zero attached hydrogens (tertiary/aromatic N) is 1. The molecule has 96 valence electrons. The number of ether oxygens (including phenoxy) is 1. The fourth-order valence-corrected chi connectivity index (χ4v) is 1.90. The normalized spacial score (nSPS) is 10.1. The molecule has 0 bridgehead atoms. The maximum absolute atomic E-state index is 13.9. The SMILES string of the molecule is N#Cc1ccc(Oc2ccc(Cl)c(F)c2)c(F)c1Br. The van der Waals surface area contributed by atoms with E-state index < -0.39 is 11.6 Å². The molecule has 0 fully saturated rings. The van der Waals surface area contributed by atoms with Gasteiger partial charge in [0.15, 0.2) is 11.6 Å². The van der Waals surface area contributed by atoms with Crippen LogP contribution in [0, 0.1) is 23.0 Å². The third kappa shape index (κ3) is 2.86. The molecule has 2 nitrogen and oxygen atoms in total. The molecule has 2 aromatic carbocycles. The first-order valence-corrected chi connectivity index (χ1v) is 6.21. The van der Waals surface area contributed by atoms with Crippen LogP contribution in [0.3, 0.4) is 0 Å². The van der Waals surface area contributed by atoms with Crippen molar-refractivity contribution >= 4 is 27.5 Å². The number of rotatable bonds is 2. The van der Waals surface area contributed by atoms with E-state index in [0.29, 0.717) is 0 Å². The molecule has 0 saturated heterocycles. The third-order valence-corrected chi connectivity index (χ3v) is 3.37. The molecule has 0 atom stereocenters. The quantitative estimate of drug-likeness (QED) is 0.764. The van der Waals surface area contributed by atoms with Crippen LogP contribution in [-0.2, 0) is 0 Å². The van der Waals surface area contributed by atoms with Crippen LogP contribution in [0.4, 0.5) is 8.78 Å². The van der Waals surface area contributed by atoms with Crippen molar-refractivity contribution in [3.05, 3.63) is 57.0 Å². The van der Waals surface area contributed by atoms with E-state index in [-0.39, 0.29) is 26.6 Å². The number of hydrogen-bond donors (Lipinski definition) is 0. The Bertz CT molecular complexity index is 685. The van der Waals surface area contributed by atoms with Crippen molar-refractivity contribution in [1.82, 2.24) is 0 Å². The molecule has 0 N–H and O–H groups in total. The summed E-state index contributed by atoms with van der Waals surface area (Å²) < 4.78 is 32.3. The van der Waals surface area contributed by atoms with Gasteiger partial charge in [0.2, 0.25) is 0 Å². The van der Waals surface area contributed by atoms with Gasteiger partial charge in [0.25, 0.3) is 0 Å². The summed E-state index contributed by atoms with van der Waals surface area (Å²) in [5.74, 6) is -1.40. The van der Waals surface area contributed by atoms with Crippen LogP contribution < -0.4 is 4.74 Å². The largest absolute Gasteiger partial charge is 0.454 e. The summed E-state index contributed by atoms with van der Waals surface area (Å²) in [4.78, 5) is 0. The average molecular weight is 345 g/mol. The Labute approximate surface area is 121 Å². The van der Waals surface area contributed by atoms with Gasteiger partial charge in [-0.3, -0.25) is 0 Å². The van der Waals surface area contributed by atoms with Crippen LogP contribution in [0.5, 0.6) is 11.5 Å². The van der Waals surface area contributed by atoms with Crippen LogP contribution in [-0.4, -0.2) is 0 Å². The molecule has 2 rings (SSSR count). The summed E-state index contributed by atoms with van der Waals surface area (Å²) in [5, 5.41) is 8.69. The second-order valence-electron chi connectivity index (χ2n) is 3.53. The predicted octanol–water partition coefficient (Wildman–Crippen LogP) is 5.04. The highest BCUT2D eigenvalue weighted by Crippen LogP contribution is 2.32. The topological polar surface area (TPSA) is 33.0 Å². The second-order valence-corrected chi connectivity index (χ2v) is 4.73. The lowest BCUT2D eigenvalue weighted by Gasteiger charge is -2.08. The first kappa shape index (κ1) is 13.8. The molecule has 2 aromatic rings. The van der Waals surface area contributed by atoms with E-state index >= 15 is 0 Å². The van der Waals surface area contributed by atoms with Gasteiger partial charge in [0.1, 0.15) is 17.6 Å². The fourth-order valence-electron chi connectivity index (χ4n) is 1.36. The zero-order valence-electron chi connectivity index (χ0n) is 9.25. The molecule has 0 radical (unpaired) electrons. The molecule has 0 aromatic heterocycles. The van der Waals surface area contributed by atoms with Crippen LogP contribution in [0.15, 0.2) is 34.8 Å². The van der Waals surface area contributed by atoms with Gasteiger partial charge in [-0.15, -0.1) is 0 Å². The van der Waals surface area contributed by atoms with Gasteiger partial charge < -0.3 is 4.74 Å². The highest BCUT2D eigenvalue weighted by Gasteiger charge is 2.13. The minimum atomic E-state index is -0.727. The van der Waals surface area contributed by atoms with Gasteiger partial charge in [0, 0.05) is 6.07 Å². The minimum Gasteiger partial charge on any atom is -0.454 e. The Morgan fingerprint density at radius 3 is 2.58 bits per heavy atom. The molecule has 0 saturated carbocycles. The summed E-state index contributed by atoms with van der Waals surface area (Å²) >= 11 is 8.49. The van der Waals surface area contributed by atoms with E-state index in [2.05, 4.69) is 15.9 Å². The predicted molar refractivity (Wildman–Crippen MR) is 70.3 cm³/mol. The fraction of sp³-hybridized carbons (Fsp3) is 0. The van der Waals surface area contributed by atoms with Gasteiger partial charge in [-0.1, -0.05) is 11.6 Å². The van der Waals surface area contributed by atoms with E-state index in [1.54, 1.807) is 0 Å². The van der Waals surface area contributed by atoms with E-state index in [1.165, 1.54) is 24.3 Å². The summed E-state index contributed by atoms with van der Waals surface area (Å²) in [5.41, 5.74) is 0.145. The Morgan fingerprint density at radius 1 is 1.21 bits per heavy atom. The lowest BCUT2D eigenvalue weighted by Crippen LogP contribution is -1.92. The lowest BCUT2D eigenvalue weighted by atomic mass is 10.2. The van der Waals surface area contributed by atoms with Crippen molar-refractivity contribution in [3.8, 4) is 17.6 Å². The van der Waals surface area contributed by atoms with Crippen molar-refractivity contribution in [2.45, 2.75) is 0 Å². The van der Waals surface area contributed by atoms with Crippen molar-refractivity contribution in [2.75, 3.05) is 0 Å². The van der Waals surface area contributed by atoms with Gasteiger partial charge in [-0.2, -0.15) is 5.26 Å².